The number of esters is 1. The Labute approximate surface area is 237 Å². The second-order valence-electron chi connectivity index (χ2n) is 8.83. The molecule has 0 saturated carbocycles. The number of carbonyl (C=O) groups is 1. The Morgan fingerprint density at radius 2 is 1.85 bits per heavy atom. The van der Waals surface area contributed by atoms with Crippen molar-refractivity contribution in [2.24, 2.45) is 5.73 Å². The summed E-state index contributed by atoms with van der Waals surface area (Å²) in [7, 11) is -2.47. The van der Waals surface area contributed by atoms with E-state index in [0.717, 1.165) is 5.56 Å². The molecule has 11 nitrogen and oxygen atoms in total. The van der Waals surface area contributed by atoms with Crippen LogP contribution in [-0.2, 0) is 29.8 Å². The summed E-state index contributed by atoms with van der Waals surface area (Å²) in [4.78, 5) is 36.9. The fourth-order valence-corrected chi connectivity index (χ4v) is 4.25. The van der Waals surface area contributed by atoms with E-state index in [9.17, 15) is 18.9 Å². The van der Waals surface area contributed by atoms with E-state index in [4.69, 9.17) is 30.7 Å². The maximum Gasteiger partial charge on any atom is 0.750 e. The average Bonchev–Trinajstić information content (AvgIpc) is 3.40. The van der Waals surface area contributed by atoms with Crippen molar-refractivity contribution in [3.8, 4) is 18.1 Å². The van der Waals surface area contributed by atoms with Crippen molar-refractivity contribution in [2.45, 2.75) is 38.1 Å². The number of aryl methyl sites for hydroxylation is 1. The van der Waals surface area contributed by atoms with Gasteiger partial charge >= 0.3 is 19.9 Å². The van der Waals surface area contributed by atoms with Crippen molar-refractivity contribution in [2.75, 3.05) is 13.2 Å². The molecular formula is C29H31N3O8P+. The van der Waals surface area contributed by atoms with E-state index >= 15 is 0 Å². The number of aromatic nitrogens is 2. The second-order valence-corrected chi connectivity index (χ2v) is 9.72. The minimum atomic E-state index is -2.47. The van der Waals surface area contributed by atoms with Crippen LogP contribution in [0.4, 0.5) is 0 Å². The zero-order chi connectivity index (χ0) is 29.8. The van der Waals surface area contributed by atoms with Crippen LogP contribution in [0.2, 0.25) is 0 Å². The predicted octanol–water partition coefficient (Wildman–Crippen LogP) is 3.17. The fourth-order valence-electron chi connectivity index (χ4n) is 3.61. The molecule has 3 N–H and O–H groups in total. The molecule has 12 heteroatoms. The van der Waals surface area contributed by atoms with Crippen LogP contribution in [-0.4, -0.2) is 40.4 Å². The summed E-state index contributed by atoms with van der Waals surface area (Å²) in [5.41, 5.74) is 4.63. The molecule has 4 unspecified atom stereocenters. The summed E-state index contributed by atoms with van der Waals surface area (Å²) < 4.78 is 34.1. The zero-order valence-corrected chi connectivity index (χ0v) is 23.5. The number of H-pyrrole nitrogens is 1. The van der Waals surface area contributed by atoms with Crippen molar-refractivity contribution in [1.29, 1.82) is 0 Å². The van der Waals surface area contributed by atoms with Gasteiger partial charge in [-0.15, -0.1) is 10.9 Å². The first-order chi connectivity index (χ1) is 19.7. The second kappa shape index (κ2) is 14.9. The predicted molar refractivity (Wildman–Crippen MR) is 152 cm³/mol. The number of terminal acetylenes is 1. The molecule has 0 amide bonds. The third-order valence-corrected chi connectivity index (χ3v) is 6.42. The quantitative estimate of drug-likeness (QED) is 0.159. The first-order valence-electron chi connectivity index (χ1n) is 12.6. The first kappa shape index (κ1) is 31.2. The summed E-state index contributed by atoms with van der Waals surface area (Å²) >= 11 is 0. The minimum Gasteiger partial charge on any atom is -0.465 e. The zero-order valence-electron chi connectivity index (χ0n) is 22.6. The lowest BCUT2D eigenvalue weighted by Gasteiger charge is -2.21. The average molecular weight is 581 g/mol. The molecule has 41 heavy (non-hydrogen) atoms. The van der Waals surface area contributed by atoms with E-state index in [2.05, 4.69) is 10.9 Å². The largest absolute Gasteiger partial charge is 0.750 e. The highest BCUT2D eigenvalue weighted by Gasteiger charge is 2.39. The van der Waals surface area contributed by atoms with Gasteiger partial charge in [0, 0.05) is 16.3 Å². The molecule has 0 radical (unpaired) electrons. The minimum absolute atomic E-state index is 0.240. The number of aromatic amines is 1. The molecule has 3 aromatic rings. The number of hydrogen-bond donors (Lipinski definition) is 2. The van der Waals surface area contributed by atoms with Crippen LogP contribution in [0.5, 0.6) is 5.75 Å². The van der Waals surface area contributed by atoms with Gasteiger partial charge in [0.15, 0.2) is 24.2 Å². The number of benzene rings is 2. The van der Waals surface area contributed by atoms with Crippen LogP contribution < -0.4 is 21.5 Å². The maximum absolute atomic E-state index is 12.0. The number of para-hydroxylation sites is 1. The smallest absolute Gasteiger partial charge is 0.465 e. The van der Waals surface area contributed by atoms with Crippen molar-refractivity contribution in [3.05, 3.63) is 111 Å². The van der Waals surface area contributed by atoms with E-state index < -0.39 is 37.4 Å². The lowest BCUT2D eigenvalue weighted by molar-refractivity contribution is -0.144. The van der Waals surface area contributed by atoms with Gasteiger partial charge in [-0.3, -0.25) is 19.1 Å². The van der Waals surface area contributed by atoms with Gasteiger partial charge in [0.25, 0.3) is 5.56 Å². The van der Waals surface area contributed by atoms with Crippen LogP contribution in [0, 0.1) is 19.3 Å². The summed E-state index contributed by atoms with van der Waals surface area (Å²) in [6.07, 6.45) is 9.73. The van der Waals surface area contributed by atoms with E-state index in [0.29, 0.717) is 24.3 Å². The lowest BCUT2D eigenvalue weighted by atomic mass is 10.1. The van der Waals surface area contributed by atoms with Crippen LogP contribution in [0.3, 0.4) is 0 Å². The third-order valence-electron chi connectivity index (χ3n) is 5.72. The number of hydrogen-bond acceptors (Lipinski definition) is 9. The Hall–Kier alpha value is -4.33. The Morgan fingerprint density at radius 3 is 2.49 bits per heavy atom. The standard InChI is InChI=1S/C18H15N2O6P.C11H15NO2/c1-3-18(12-24-27(23)26-14-7-5-4-6-8-14)10-9-15(25-18)20-11-13(2)16(21)19-17(20)22;1-2-14-11(13)10(12)8-9-6-4-3-5-7-9/h1,4-11,15H,12H2,2H3;3-7,10H,2,8,12H2,1H3/p+1. The van der Waals surface area contributed by atoms with Gasteiger partial charge in [-0.1, -0.05) is 54.5 Å². The molecule has 4 atom stereocenters. The molecular weight excluding hydrogens is 549 g/mol. The van der Waals surface area contributed by atoms with Crippen LogP contribution in [0.1, 0.15) is 24.3 Å². The molecule has 1 aliphatic rings. The van der Waals surface area contributed by atoms with Gasteiger partial charge in [-0.2, -0.15) is 0 Å². The Bertz CT molecular complexity index is 1510. The van der Waals surface area contributed by atoms with Crippen LogP contribution >= 0.6 is 8.25 Å². The maximum atomic E-state index is 12.0. The van der Waals surface area contributed by atoms with Gasteiger partial charge in [0.05, 0.1) is 6.61 Å². The van der Waals surface area contributed by atoms with E-state index in [1.807, 2.05) is 30.3 Å². The fraction of sp³-hybridized carbons (Fsp3) is 0.276. The van der Waals surface area contributed by atoms with Crippen LogP contribution in [0.25, 0.3) is 0 Å². The molecule has 0 saturated heterocycles. The molecule has 0 aliphatic carbocycles. The topological polar surface area (TPSA) is 152 Å². The highest BCUT2D eigenvalue weighted by molar-refractivity contribution is 7.33. The van der Waals surface area contributed by atoms with Gasteiger partial charge < -0.3 is 15.2 Å². The van der Waals surface area contributed by atoms with Gasteiger partial charge in [0.2, 0.25) is 0 Å². The normalized spacial score (nSPS) is 18.4. The van der Waals surface area contributed by atoms with Crippen molar-refractivity contribution >= 4 is 14.2 Å². The van der Waals surface area contributed by atoms with Crippen molar-refractivity contribution < 1.29 is 27.9 Å². The van der Waals surface area contributed by atoms with E-state index in [-0.39, 0.29) is 12.6 Å². The summed E-state index contributed by atoms with van der Waals surface area (Å²) in [5, 5.41) is 0. The van der Waals surface area contributed by atoms with Crippen LogP contribution in [0.15, 0.2) is 88.6 Å². The number of rotatable bonds is 10. The molecule has 2 heterocycles. The number of carbonyl (C=O) groups excluding carboxylic acids is 1. The number of nitrogens with one attached hydrogen (secondary N) is 1. The molecule has 0 fully saturated rings. The molecule has 4 rings (SSSR count). The van der Waals surface area contributed by atoms with Gasteiger partial charge in [-0.05, 0) is 50.1 Å². The lowest BCUT2D eigenvalue weighted by Crippen LogP contribution is -2.37. The summed E-state index contributed by atoms with van der Waals surface area (Å²) in [5.74, 6) is 2.49. The van der Waals surface area contributed by atoms with Crippen molar-refractivity contribution in [1.82, 2.24) is 9.55 Å². The highest BCUT2D eigenvalue weighted by Crippen LogP contribution is 2.34. The Morgan fingerprint density at radius 1 is 1.20 bits per heavy atom. The van der Waals surface area contributed by atoms with E-state index in [1.165, 1.54) is 16.8 Å². The number of nitrogens with zero attached hydrogens (tertiary/aromatic N) is 1. The highest BCUT2D eigenvalue weighted by atomic mass is 31.1. The molecule has 214 valence electrons. The molecule has 1 aromatic heterocycles. The summed E-state index contributed by atoms with van der Waals surface area (Å²) in [6, 6.07) is 17.7. The summed E-state index contributed by atoms with van der Waals surface area (Å²) in [6.45, 7) is 3.47. The number of nitrogens with two attached hydrogens (primary N) is 1. The van der Waals surface area contributed by atoms with Crippen molar-refractivity contribution in [3.63, 3.8) is 0 Å². The molecule has 0 spiro atoms. The van der Waals surface area contributed by atoms with Gasteiger partial charge in [-0.25, -0.2) is 9.32 Å². The van der Waals surface area contributed by atoms with Gasteiger partial charge in [0.1, 0.15) is 6.04 Å². The number of ether oxygens (including phenoxy) is 2. The Balaban J connectivity index is 0.000000278. The molecule has 0 bridgehead atoms. The van der Waals surface area contributed by atoms with E-state index in [1.54, 1.807) is 50.3 Å². The molecule has 2 aromatic carbocycles. The monoisotopic (exact) mass is 580 g/mol. The first-order valence-corrected chi connectivity index (χ1v) is 13.7. The molecule has 1 aliphatic heterocycles. The third kappa shape index (κ3) is 9.10. The SMILES string of the molecule is C#CC1(CO[P+](=O)Oc2ccccc2)C=CC(n2cc(C)c(=O)[nH]c2=O)O1.CCOC(=O)C(N)Cc1ccccc1. The Kier molecular flexibility index (Phi) is 11.3.